The van der Waals surface area contributed by atoms with Crippen molar-refractivity contribution >= 4 is 29.1 Å². The van der Waals surface area contributed by atoms with Crippen LogP contribution in [-0.4, -0.2) is 16.8 Å². The number of hydrogen-bond donors (Lipinski definition) is 1. The first-order chi connectivity index (χ1) is 6.58. The van der Waals surface area contributed by atoms with Crippen LogP contribution in [0.5, 0.6) is 0 Å². The Kier molecular flexibility index (Phi) is 4.52. The molecule has 1 unspecified atom stereocenters. The van der Waals surface area contributed by atoms with E-state index in [4.69, 9.17) is 23.2 Å². The molecule has 1 N–H and O–H groups in total. The molecule has 2 nitrogen and oxygen atoms in total. The number of nitrogens with one attached hydrogen (secondary N) is 1. The van der Waals surface area contributed by atoms with Gasteiger partial charge in [0.15, 0.2) is 0 Å². The van der Waals surface area contributed by atoms with E-state index in [-0.39, 0.29) is 11.8 Å². The van der Waals surface area contributed by atoms with Gasteiger partial charge in [0.25, 0.3) is 0 Å². The zero-order chi connectivity index (χ0) is 10.6. The summed E-state index contributed by atoms with van der Waals surface area (Å²) in [4.78, 5) is 11.4. The molecule has 0 spiro atoms. The van der Waals surface area contributed by atoms with Crippen LogP contribution in [0.4, 0.5) is 0 Å². The van der Waals surface area contributed by atoms with Gasteiger partial charge in [-0.05, 0) is 12.8 Å². The molecule has 0 saturated heterocycles. The number of rotatable bonds is 6. The summed E-state index contributed by atoms with van der Waals surface area (Å²) < 4.78 is -0.784. The maximum Gasteiger partial charge on any atom is 0.226 e. The number of carbonyl (C=O) groups excluding carboxylic acids is 1. The van der Waals surface area contributed by atoms with Crippen LogP contribution >= 0.6 is 23.2 Å². The van der Waals surface area contributed by atoms with E-state index in [0.717, 1.165) is 13.0 Å². The van der Waals surface area contributed by atoms with Crippen LogP contribution in [0.1, 0.15) is 39.0 Å². The lowest BCUT2D eigenvalue weighted by atomic mass is 10.2. The fraction of sp³-hybridized carbons (Fsp3) is 0.900. The first kappa shape index (κ1) is 12.1. The molecule has 82 valence electrons. The first-order valence-electron chi connectivity index (χ1n) is 5.23. The molecule has 1 saturated carbocycles. The van der Waals surface area contributed by atoms with Crippen molar-refractivity contribution in [3.8, 4) is 0 Å². The lowest BCUT2D eigenvalue weighted by Crippen LogP contribution is -2.27. The minimum absolute atomic E-state index is 0.00602. The van der Waals surface area contributed by atoms with Crippen molar-refractivity contribution in [1.82, 2.24) is 5.32 Å². The molecule has 1 aliphatic carbocycles. The normalized spacial score (nSPS) is 23.2. The van der Waals surface area contributed by atoms with Crippen LogP contribution in [0.2, 0.25) is 0 Å². The number of amides is 1. The van der Waals surface area contributed by atoms with Crippen LogP contribution in [0.3, 0.4) is 0 Å². The number of alkyl halides is 2. The molecule has 1 fully saturated rings. The van der Waals surface area contributed by atoms with Gasteiger partial charge in [-0.3, -0.25) is 4.79 Å². The molecule has 0 aromatic heterocycles. The molecular formula is C10H17Cl2NO. The highest BCUT2D eigenvalue weighted by Gasteiger charge is 2.56. The minimum Gasteiger partial charge on any atom is -0.356 e. The van der Waals surface area contributed by atoms with Crippen molar-refractivity contribution in [2.24, 2.45) is 5.92 Å². The quantitative estimate of drug-likeness (QED) is 0.559. The van der Waals surface area contributed by atoms with E-state index in [0.29, 0.717) is 6.42 Å². The van der Waals surface area contributed by atoms with Crippen LogP contribution < -0.4 is 5.32 Å². The Morgan fingerprint density at radius 3 is 2.57 bits per heavy atom. The second-order valence-corrected chi connectivity index (χ2v) is 5.41. The van der Waals surface area contributed by atoms with E-state index < -0.39 is 4.33 Å². The van der Waals surface area contributed by atoms with E-state index in [1.807, 2.05) is 0 Å². The predicted octanol–water partition coefficient (Wildman–Crippen LogP) is 2.88. The third-order valence-electron chi connectivity index (χ3n) is 2.47. The fourth-order valence-corrected chi connectivity index (χ4v) is 1.89. The summed E-state index contributed by atoms with van der Waals surface area (Å²) >= 11 is 11.5. The highest BCUT2D eigenvalue weighted by molar-refractivity contribution is 6.52. The molecule has 0 aliphatic heterocycles. The molecule has 14 heavy (non-hydrogen) atoms. The van der Waals surface area contributed by atoms with Gasteiger partial charge < -0.3 is 5.32 Å². The number of unbranched alkanes of at least 4 members (excludes halogenated alkanes) is 3. The Morgan fingerprint density at radius 1 is 1.43 bits per heavy atom. The van der Waals surface area contributed by atoms with Gasteiger partial charge in [0, 0.05) is 6.54 Å². The first-order valence-corrected chi connectivity index (χ1v) is 5.99. The Bertz CT molecular complexity index is 206. The summed E-state index contributed by atoms with van der Waals surface area (Å²) in [5.41, 5.74) is 0. The lowest BCUT2D eigenvalue weighted by Gasteiger charge is -2.04. The summed E-state index contributed by atoms with van der Waals surface area (Å²) in [5.74, 6) is -0.177. The van der Waals surface area contributed by atoms with Crippen molar-refractivity contribution in [1.29, 1.82) is 0 Å². The van der Waals surface area contributed by atoms with Crippen LogP contribution in [0.15, 0.2) is 0 Å². The predicted molar refractivity (Wildman–Crippen MR) is 59.7 cm³/mol. The zero-order valence-corrected chi connectivity index (χ0v) is 10.00. The van der Waals surface area contributed by atoms with Crippen molar-refractivity contribution in [3.05, 3.63) is 0 Å². The summed E-state index contributed by atoms with van der Waals surface area (Å²) in [7, 11) is 0. The third kappa shape index (κ3) is 3.66. The number of carbonyl (C=O) groups is 1. The highest BCUT2D eigenvalue weighted by atomic mass is 35.5. The third-order valence-corrected chi connectivity index (χ3v) is 3.31. The van der Waals surface area contributed by atoms with Crippen LogP contribution in [-0.2, 0) is 4.79 Å². The van der Waals surface area contributed by atoms with Gasteiger partial charge >= 0.3 is 0 Å². The maximum atomic E-state index is 11.4. The molecule has 0 aromatic rings. The van der Waals surface area contributed by atoms with Gasteiger partial charge in [-0.1, -0.05) is 26.2 Å². The molecule has 1 atom stereocenters. The topological polar surface area (TPSA) is 29.1 Å². The molecule has 1 aliphatic rings. The van der Waals surface area contributed by atoms with Gasteiger partial charge in [0.2, 0.25) is 5.91 Å². The van der Waals surface area contributed by atoms with Gasteiger partial charge in [-0.15, -0.1) is 23.2 Å². The Morgan fingerprint density at radius 2 is 2.07 bits per heavy atom. The SMILES string of the molecule is CCCCCCNC(=O)C1CC1(Cl)Cl. The van der Waals surface area contributed by atoms with Crippen LogP contribution in [0.25, 0.3) is 0 Å². The molecule has 1 amide bonds. The monoisotopic (exact) mass is 237 g/mol. The molecule has 0 aromatic carbocycles. The van der Waals surface area contributed by atoms with Crippen molar-refractivity contribution in [2.45, 2.75) is 43.4 Å². The van der Waals surface area contributed by atoms with Gasteiger partial charge in [-0.2, -0.15) is 0 Å². The lowest BCUT2D eigenvalue weighted by molar-refractivity contribution is -0.122. The molecule has 0 heterocycles. The van der Waals surface area contributed by atoms with Crippen molar-refractivity contribution < 1.29 is 4.79 Å². The molecular weight excluding hydrogens is 221 g/mol. The number of hydrogen-bond acceptors (Lipinski definition) is 1. The summed E-state index contributed by atoms with van der Waals surface area (Å²) in [5, 5.41) is 2.85. The standard InChI is InChI=1S/C10H17Cl2NO/c1-2-3-4-5-6-13-9(14)8-7-10(8,11)12/h8H,2-7H2,1H3,(H,13,14). The Labute approximate surface area is 95.3 Å². The van der Waals surface area contributed by atoms with Crippen LogP contribution in [0, 0.1) is 5.92 Å². The largest absolute Gasteiger partial charge is 0.356 e. The smallest absolute Gasteiger partial charge is 0.226 e. The molecule has 0 bridgehead atoms. The maximum absolute atomic E-state index is 11.4. The minimum atomic E-state index is -0.784. The van der Waals surface area contributed by atoms with Crippen molar-refractivity contribution in [3.63, 3.8) is 0 Å². The molecule has 4 heteroatoms. The van der Waals surface area contributed by atoms with E-state index in [1.54, 1.807) is 0 Å². The average Bonchev–Trinajstić information content (AvgIpc) is 2.75. The highest BCUT2D eigenvalue weighted by Crippen LogP contribution is 2.53. The molecule has 0 radical (unpaired) electrons. The van der Waals surface area contributed by atoms with E-state index in [1.165, 1.54) is 19.3 Å². The van der Waals surface area contributed by atoms with Gasteiger partial charge in [0.05, 0.1) is 5.92 Å². The summed E-state index contributed by atoms with van der Waals surface area (Å²) in [6, 6.07) is 0. The second kappa shape index (κ2) is 5.22. The van der Waals surface area contributed by atoms with Gasteiger partial charge in [0.1, 0.15) is 4.33 Å². The second-order valence-electron chi connectivity index (χ2n) is 3.87. The fourth-order valence-electron chi connectivity index (χ4n) is 1.38. The van der Waals surface area contributed by atoms with Crippen molar-refractivity contribution in [2.75, 3.05) is 6.54 Å². The summed E-state index contributed by atoms with van der Waals surface area (Å²) in [6.45, 7) is 2.91. The zero-order valence-electron chi connectivity index (χ0n) is 8.48. The van der Waals surface area contributed by atoms with E-state index in [2.05, 4.69) is 12.2 Å². The molecule has 1 rings (SSSR count). The van der Waals surface area contributed by atoms with E-state index >= 15 is 0 Å². The summed E-state index contributed by atoms with van der Waals surface area (Å²) in [6.07, 6.45) is 5.26. The number of halogens is 2. The van der Waals surface area contributed by atoms with Gasteiger partial charge in [-0.25, -0.2) is 0 Å². The Hall–Kier alpha value is 0.0500. The van der Waals surface area contributed by atoms with E-state index in [9.17, 15) is 4.79 Å². The Balaban J connectivity index is 2.00. The average molecular weight is 238 g/mol.